The summed E-state index contributed by atoms with van der Waals surface area (Å²) in [6.45, 7) is -1.02. The highest BCUT2D eigenvalue weighted by molar-refractivity contribution is 5.89. The molecule has 0 radical (unpaired) electrons. The number of hydrogen-bond acceptors (Lipinski definition) is 4. The number of nitrogens with one attached hydrogen (secondary N) is 1. The molecule has 0 aliphatic carbocycles. The van der Waals surface area contributed by atoms with Gasteiger partial charge < -0.3 is 20.1 Å². The van der Waals surface area contributed by atoms with Crippen molar-refractivity contribution in [1.82, 2.24) is 9.88 Å². The van der Waals surface area contributed by atoms with Gasteiger partial charge in [0.2, 0.25) is 5.88 Å². The standard InChI is InChI=1S/C15H17F4N3O4/c16-13(17)15(18,19)8-26-11-7-10(1-4-20-11)21-14(25)22-5-2-9(3-6-22)12(23)24/h1,4,7,9,13H,2-3,5-6,8H2,(H,23,24)(H,20,21,25). The Kier molecular flexibility index (Phi) is 6.22. The Labute approximate surface area is 145 Å². The van der Waals surface area contributed by atoms with Gasteiger partial charge in [-0.25, -0.2) is 18.6 Å². The summed E-state index contributed by atoms with van der Waals surface area (Å²) in [6, 6.07) is 2.01. The zero-order valence-corrected chi connectivity index (χ0v) is 13.5. The van der Waals surface area contributed by atoms with Crippen LogP contribution in [0.25, 0.3) is 0 Å². The topological polar surface area (TPSA) is 91.8 Å². The van der Waals surface area contributed by atoms with Gasteiger partial charge in [0.05, 0.1) is 5.92 Å². The summed E-state index contributed by atoms with van der Waals surface area (Å²) in [7, 11) is 0. The SMILES string of the molecule is O=C(O)C1CCN(C(=O)Nc2ccnc(OCC(F)(F)C(F)F)c2)CC1. The molecule has 11 heteroatoms. The molecule has 1 fully saturated rings. The minimum atomic E-state index is -4.31. The third-order valence-electron chi connectivity index (χ3n) is 3.85. The number of aromatic nitrogens is 1. The van der Waals surface area contributed by atoms with Crippen LogP contribution in [-0.4, -0.2) is 59.0 Å². The van der Waals surface area contributed by atoms with Crippen molar-refractivity contribution >= 4 is 17.7 Å². The van der Waals surface area contributed by atoms with E-state index in [0.717, 1.165) is 6.07 Å². The fourth-order valence-electron chi connectivity index (χ4n) is 2.33. The van der Waals surface area contributed by atoms with Gasteiger partial charge in [-0.3, -0.25) is 4.79 Å². The van der Waals surface area contributed by atoms with Crippen LogP contribution < -0.4 is 10.1 Å². The molecule has 2 heterocycles. The minimum Gasteiger partial charge on any atom is -0.481 e. The van der Waals surface area contributed by atoms with Gasteiger partial charge in [0.25, 0.3) is 0 Å². The number of likely N-dealkylation sites (tertiary alicyclic amines) is 1. The van der Waals surface area contributed by atoms with Crippen molar-refractivity contribution in [2.45, 2.75) is 25.2 Å². The molecule has 0 bridgehead atoms. The molecular formula is C15H17F4N3O4. The van der Waals surface area contributed by atoms with Gasteiger partial charge >= 0.3 is 24.3 Å². The number of anilines is 1. The number of amides is 2. The Balaban J connectivity index is 1.90. The quantitative estimate of drug-likeness (QED) is 0.742. The van der Waals surface area contributed by atoms with Crippen LogP contribution in [-0.2, 0) is 4.79 Å². The smallest absolute Gasteiger partial charge is 0.340 e. The van der Waals surface area contributed by atoms with Crippen molar-refractivity contribution in [1.29, 1.82) is 0 Å². The maximum absolute atomic E-state index is 12.9. The van der Waals surface area contributed by atoms with Crippen molar-refractivity contribution < 1.29 is 37.0 Å². The summed E-state index contributed by atoms with van der Waals surface area (Å²) in [6.07, 6.45) is -2.03. The predicted octanol–water partition coefficient (Wildman–Crippen LogP) is 2.69. The number of carbonyl (C=O) groups is 2. The normalized spacial score (nSPS) is 15.8. The lowest BCUT2D eigenvalue weighted by molar-refractivity contribution is -0.148. The van der Waals surface area contributed by atoms with Crippen LogP contribution in [0.3, 0.4) is 0 Å². The fourth-order valence-corrected chi connectivity index (χ4v) is 2.33. The summed E-state index contributed by atoms with van der Waals surface area (Å²) >= 11 is 0. The Morgan fingerprint density at radius 2 is 2.04 bits per heavy atom. The van der Waals surface area contributed by atoms with Crippen LogP contribution in [0.4, 0.5) is 28.0 Å². The van der Waals surface area contributed by atoms with Gasteiger partial charge in [0.1, 0.15) is 0 Å². The number of carboxylic acid groups (broad SMARTS) is 1. The van der Waals surface area contributed by atoms with E-state index in [9.17, 15) is 27.2 Å². The van der Waals surface area contributed by atoms with Gasteiger partial charge in [-0.05, 0) is 18.9 Å². The number of ether oxygens (including phenoxy) is 1. The highest BCUT2D eigenvalue weighted by atomic mass is 19.3. The lowest BCUT2D eigenvalue weighted by Crippen LogP contribution is -2.42. The van der Waals surface area contributed by atoms with E-state index < -0.39 is 36.9 Å². The van der Waals surface area contributed by atoms with Crippen LogP contribution in [0.2, 0.25) is 0 Å². The van der Waals surface area contributed by atoms with Crippen molar-refractivity contribution in [3.63, 3.8) is 0 Å². The van der Waals surface area contributed by atoms with Gasteiger partial charge in [0.15, 0.2) is 6.61 Å². The van der Waals surface area contributed by atoms with Gasteiger partial charge in [-0.2, -0.15) is 8.78 Å². The third-order valence-corrected chi connectivity index (χ3v) is 3.85. The van der Waals surface area contributed by atoms with Crippen LogP contribution in [0.15, 0.2) is 18.3 Å². The molecule has 1 aliphatic rings. The second-order valence-electron chi connectivity index (χ2n) is 5.76. The number of carbonyl (C=O) groups excluding carboxylic acids is 1. The Morgan fingerprint density at radius 3 is 2.62 bits per heavy atom. The number of carboxylic acids is 1. The summed E-state index contributed by atoms with van der Waals surface area (Å²) in [5, 5.41) is 11.4. The zero-order valence-electron chi connectivity index (χ0n) is 13.5. The number of hydrogen-bond donors (Lipinski definition) is 2. The number of urea groups is 1. The Morgan fingerprint density at radius 1 is 1.38 bits per heavy atom. The largest absolute Gasteiger partial charge is 0.481 e. The molecule has 1 saturated heterocycles. The number of pyridine rings is 1. The molecule has 0 spiro atoms. The summed E-state index contributed by atoms with van der Waals surface area (Å²) in [4.78, 5) is 28.1. The van der Waals surface area contributed by atoms with E-state index in [-0.39, 0.29) is 24.7 Å². The Hall–Kier alpha value is -2.59. The van der Waals surface area contributed by atoms with Crippen LogP contribution in [0.1, 0.15) is 12.8 Å². The van der Waals surface area contributed by atoms with E-state index in [2.05, 4.69) is 15.0 Å². The van der Waals surface area contributed by atoms with E-state index >= 15 is 0 Å². The number of aliphatic carboxylic acids is 1. The molecule has 0 saturated carbocycles. The zero-order chi connectivity index (χ0) is 19.3. The van der Waals surface area contributed by atoms with Crippen molar-refractivity contribution in [2.75, 3.05) is 25.0 Å². The van der Waals surface area contributed by atoms with E-state index in [1.165, 1.54) is 17.2 Å². The maximum atomic E-state index is 12.9. The maximum Gasteiger partial charge on any atom is 0.340 e. The number of piperidine rings is 1. The summed E-state index contributed by atoms with van der Waals surface area (Å²) < 4.78 is 54.5. The van der Waals surface area contributed by atoms with E-state index in [0.29, 0.717) is 12.8 Å². The summed E-state index contributed by atoms with van der Waals surface area (Å²) in [5.74, 6) is -6.04. The van der Waals surface area contributed by atoms with Crippen molar-refractivity contribution in [2.24, 2.45) is 5.92 Å². The number of alkyl halides is 4. The Bertz CT molecular complexity index is 652. The molecule has 2 N–H and O–H groups in total. The molecule has 0 atom stereocenters. The molecule has 1 aromatic rings. The van der Waals surface area contributed by atoms with Crippen LogP contribution in [0, 0.1) is 5.92 Å². The predicted molar refractivity (Wildman–Crippen MR) is 81.6 cm³/mol. The molecule has 2 rings (SSSR count). The lowest BCUT2D eigenvalue weighted by Gasteiger charge is -2.30. The molecule has 0 aromatic carbocycles. The second kappa shape index (κ2) is 8.19. The molecule has 1 aliphatic heterocycles. The molecule has 144 valence electrons. The number of rotatable bonds is 6. The van der Waals surface area contributed by atoms with E-state index in [4.69, 9.17) is 5.11 Å². The molecule has 7 nitrogen and oxygen atoms in total. The average molecular weight is 379 g/mol. The first-order valence-electron chi connectivity index (χ1n) is 7.72. The minimum absolute atomic E-state index is 0.181. The van der Waals surface area contributed by atoms with Gasteiger partial charge in [0, 0.05) is 31.0 Å². The summed E-state index contributed by atoms with van der Waals surface area (Å²) in [5.41, 5.74) is 0.181. The van der Waals surface area contributed by atoms with Crippen LogP contribution >= 0.6 is 0 Å². The van der Waals surface area contributed by atoms with Crippen molar-refractivity contribution in [3.8, 4) is 5.88 Å². The van der Waals surface area contributed by atoms with Crippen LogP contribution in [0.5, 0.6) is 5.88 Å². The van der Waals surface area contributed by atoms with E-state index in [1.54, 1.807) is 0 Å². The molecule has 26 heavy (non-hydrogen) atoms. The molecule has 2 amide bonds. The lowest BCUT2D eigenvalue weighted by atomic mass is 9.97. The molecule has 0 unspecified atom stereocenters. The first-order valence-corrected chi connectivity index (χ1v) is 7.72. The highest BCUT2D eigenvalue weighted by Gasteiger charge is 2.41. The van der Waals surface area contributed by atoms with E-state index in [1.807, 2.05) is 0 Å². The second-order valence-corrected chi connectivity index (χ2v) is 5.76. The number of nitrogens with zero attached hydrogens (tertiary/aromatic N) is 2. The third kappa shape index (κ3) is 5.20. The monoisotopic (exact) mass is 379 g/mol. The van der Waals surface area contributed by atoms with Gasteiger partial charge in [-0.15, -0.1) is 0 Å². The first-order chi connectivity index (χ1) is 12.2. The first kappa shape index (κ1) is 19.7. The fraction of sp³-hybridized carbons (Fsp3) is 0.533. The molecule has 1 aromatic heterocycles. The van der Waals surface area contributed by atoms with Gasteiger partial charge in [-0.1, -0.05) is 0 Å². The average Bonchev–Trinajstić information content (AvgIpc) is 2.60. The number of halogens is 4. The molecular weight excluding hydrogens is 362 g/mol. The van der Waals surface area contributed by atoms with Crippen molar-refractivity contribution in [3.05, 3.63) is 18.3 Å². The highest BCUT2D eigenvalue weighted by Crippen LogP contribution is 2.25.